The molecule has 2 N–H and O–H groups in total. The van der Waals surface area contributed by atoms with E-state index in [9.17, 15) is 15.2 Å². The van der Waals surface area contributed by atoms with Crippen molar-refractivity contribution in [2.24, 2.45) is 0 Å². The van der Waals surface area contributed by atoms with Crippen LogP contribution in [0.3, 0.4) is 0 Å². The summed E-state index contributed by atoms with van der Waals surface area (Å²) in [7, 11) is 0. The molecule has 0 unspecified atom stereocenters. The number of rotatable bonds is 4. The first-order valence-corrected chi connectivity index (χ1v) is 5.90. The highest BCUT2D eigenvalue weighted by Gasteiger charge is 2.12. The van der Waals surface area contributed by atoms with E-state index in [-0.39, 0.29) is 16.5 Å². The molecule has 0 amide bonds. The van der Waals surface area contributed by atoms with Crippen LogP contribution >= 0.6 is 11.6 Å². The molecule has 0 heterocycles. The van der Waals surface area contributed by atoms with Gasteiger partial charge in [-0.2, -0.15) is 0 Å². The molecule has 5 nitrogen and oxygen atoms in total. The maximum absolute atomic E-state index is 10.8. The fourth-order valence-corrected chi connectivity index (χ4v) is 1.81. The number of para-hydroxylation sites is 1. The molecule has 0 atom stereocenters. The van der Waals surface area contributed by atoms with Crippen molar-refractivity contribution in [1.29, 1.82) is 0 Å². The van der Waals surface area contributed by atoms with Crippen LogP contribution in [0.4, 0.5) is 11.4 Å². The SMILES string of the molecule is O=[N+]([O-])c1cc(NCc2ccccc2O)ccc1Cl. The first-order chi connectivity index (χ1) is 9.08. The Morgan fingerprint density at radius 1 is 1.26 bits per heavy atom. The van der Waals surface area contributed by atoms with E-state index in [1.807, 2.05) is 0 Å². The number of hydrogen-bond donors (Lipinski definition) is 2. The number of phenols is 1. The van der Waals surface area contributed by atoms with E-state index in [2.05, 4.69) is 5.32 Å². The molecule has 0 radical (unpaired) electrons. The second-order valence-electron chi connectivity index (χ2n) is 3.91. The van der Waals surface area contributed by atoms with Crippen molar-refractivity contribution in [1.82, 2.24) is 0 Å². The van der Waals surface area contributed by atoms with E-state index >= 15 is 0 Å². The summed E-state index contributed by atoms with van der Waals surface area (Å²) in [6.07, 6.45) is 0. The van der Waals surface area contributed by atoms with Gasteiger partial charge >= 0.3 is 0 Å². The number of nitrogens with one attached hydrogen (secondary N) is 1. The number of nitro groups is 1. The van der Waals surface area contributed by atoms with Crippen molar-refractivity contribution in [3.8, 4) is 5.75 Å². The van der Waals surface area contributed by atoms with Crippen LogP contribution in [-0.4, -0.2) is 10.0 Å². The van der Waals surface area contributed by atoms with Gasteiger partial charge in [0.15, 0.2) is 0 Å². The Kier molecular flexibility index (Phi) is 3.87. The lowest BCUT2D eigenvalue weighted by Gasteiger charge is -2.08. The Morgan fingerprint density at radius 2 is 2.00 bits per heavy atom. The van der Waals surface area contributed by atoms with Crippen LogP contribution in [0.25, 0.3) is 0 Å². The summed E-state index contributed by atoms with van der Waals surface area (Å²) in [5.74, 6) is 0.179. The number of nitrogens with zero attached hydrogens (tertiary/aromatic N) is 1. The maximum Gasteiger partial charge on any atom is 0.289 e. The van der Waals surface area contributed by atoms with Gasteiger partial charge in [-0.05, 0) is 18.2 Å². The molecule has 0 aromatic heterocycles. The van der Waals surface area contributed by atoms with E-state index in [4.69, 9.17) is 11.6 Å². The molecule has 0 aliphatic carbocycles. The van der Waals surface area contributed by atoms with Gasteiger partial charge in [0.2, 0.25) is 0 Å². The first kappa shape index (κ1) is 13.2. The zero-order chi connectivity index (χ0) is 13.8. The number of anilines is 1. The lowest BCUT2D eigenvalue weighted by molar-refractivity contribution is -0.384. The highest BCUT2D eigenvalue weighted by Crippen LogP contribution is 2.28. The minimum atomic E-state index is -0.534. The number of benzene rings is 2. The van der Waals surface area contributed by atoms with Gasteiger partial charge in [0, 0.05) is 23.9 Å². The summed E-state index contributed by atoms with van der Waals surface area (Å²) >= 11 is 5.72. The van der Waals surface area contributed by atoms with E-state index in [0.29, 0.717) is 17.8 Å². The van der Waals surface area contributed by atoms with E-state index < -0.39 is 4.92 Å². The lowest BCUT2D eigenvalue weighted by Crippen LogP contribution is -2.00. The molecule has 0 aliphatic rings. The third-order valence-electron chi connectivity index (χ3n) is 2.62. The largest absolute Gasteiger partial charge is 0.508 e. The summed E-state index contributed by atoms with van der Waals surface area (Å²) < 4.78 is 0. The Labute approximate surface area is 114 Å². The van der Waals surface area contributed by atoms with Gasteiger partial charge in [0.25, 0.3) is 5.69 Å². The summed E-state index contributed by atoms with van der Waals surface area (Å²) in [6, 6.07) is 11.4. The zero-order valence-corrected chi connectivity index (χ0v) is 10.6. The summed E-state index contributed by atoms with van der Waals surface area (Å²) in [4.78, 5) is 10.2. The maximum atomic E-state index is 10.8. The standard InChI is InChI=1S/C13H11ClN2O3/c14-11-6-5-10(7-12(11)16(18)19)15-8-9-3-1-2-4-13(9)17/h1-7,15,17H,8H2. The monoisotopic (exact) mass is 278 g/mol. The van der Waals surface area contributed by atoms with Crippen molar-refractivity contribution in [2.45, 2.75) is 6.54 Å². The number of hydrogen-bond acceptors (Lipinski definition) is 4. The molecule has 0 bridgehead atoms. The molecule has 2 aromatic rings. The molecular weight excluding hydrogens is 268 g/mol. The predicted molar refractivity (Wildman–Crippen MR) is 73.5 cm³/mol. The van der Waals surface area contributed by atoms with E-state index in [1.165, 1.54) is 12.1 Å². The highest BCUT2D eigenvalue weighted by atomic mass is 35.5. The zero-order valence-electron chi connectivity index (χ0n) is 9.84. The number of nitro benzene ring substituents is 1. The molecule has 0 aliphatic heterocycles. The van der Waals surface area contributed by atoms with Gasteiger partial charge in [-0.1, -0.05) is 29.8 Å². The molecule has 0 spiro atoms. The van der Waals surface area contributed by atoms with Crippen molar-refractivity contribution in [3.63, 3.8) is 0 Å². The van der Waals surface area contributed by atoms with Crippen LogP contribution in [-0.2, 0) is 6.54 Å². The molecule has 0 fully saturated rings. The van der Waals surface area contributed by atoms with Crippen molar-refractivity contribution >= 4 is 23.0 Å². The molecule has 0 saturated heterocycles. The Hall–Kier alpha value is -2.27. The second-order valence-corrected chi connectivity index (χ2v) is 4.31. The van der Waals surface area contributed by atoms with Gasteiger partial charge < -0.3 is 10.4 Å². The average molecular weight is 279 g/mol. The quantitative estimate of drug-likeness (QED) is 0.662. The Bertz CT molecular complexity index is 617. The third kappa shape index (κ3) is 3.14. The molecule has 0 saturated carbocycles. The van der Waals surface area contributed by atoms with Gasteiger partial charge in [-0.15, -0.1) is 0 Å². The number of aromatic hydroxyl groups is 1. The van der Waals surface area contributed by atoms with Crippen molar-refractivity contribution < 1.29 is 10.0 Å². The van der Waals surface area contributed by atoms with Crippen LogP contribution in [0.5, 0.6) is 5.75 Å². The minimum Gasteiger partial charge on any atom is -0.508 e. The highest BCUT2D eigenvalue weighted by molar-refractivity contribution is 6.32. The van der Waals surface area contributed by atoms with Crippen molar-refractivity contribution in [2.75, 3.05) is 5.32 Å². The Morgan fingerprint density at radius 3 is 2.68 bits per heavy atom. The molecule has 98 valence electrons. The average Bonchev–Trinajstić information content (AvgIpc) is 2.39. The van der Waals surface area contributed by atoms with Crippen LogP contribution in [0, 0.1) is 10.1 Å². The Balaban J connectivity index is 2.14. The fraction of sp³-hybridized carbons (Fsp3) is 0.0769. The normalized spacial score (nSPS) is 10.2. The van der Waals surface area contributed by atoms with Gasteiger partial charge in [-0.25, -0.2) is 0 Å². The lowest BCUT2D eigenvalue weighted by atomic mass is 10.2. The summed E-state index contributed by atoms with van der Waals surface area (Å²) in [5, 5.41) is 23.5. The molecule has 19 heavy (non-hydrogen) atoms. The molecular formula is C13H11ClN2O3. The molecule has 2 rings (SSSR count). The second kappa shape index (κ2) is 5.58. The van der Waals surface area contributed by atoms with Gasteiger partial charge in [0.1, 0.15) is 10.8 Å². The van der Waals surface area contributed by atoms with Crippen LogP contribution in [0.2, 0.25) is 5.02 Å². The number of phenolic OH excluding ortho intramolecular Hbond substituents is 1. The fourth-order valence-electron chi connectivity index (χ4n) is 1.62. The minimum absolute atomic E-state index is 0.0955. The topological polar surface area (TPSA) is 75.4 Å². The number of halogens is 1. The van der Waals surface area contributed by atoms with Crippen LogP contribution in [0.1, 0.15) is 5.56 Å². The molecule has 6 heteroatoms. The van der Waals surface area contributed by atoms with Crippen molar-refractivity contribution in [3.05, 3.63) is 63.2 Å². The first-order valence-electron chi connectivity index (χ1n) is 5.52. The van der Waals surface area contributed by atoms with E-state index in [1.54, 1.807) is 30.3 Å². The smallest absolute Gasteiger partial charge is 0.289 e. The predicted octanol–water partition coefficient (Wildman–Crippen LogP) is 3.57. The van der Waals surface area contributed by atoms with Crippen LogP contribution < -0.4 is 5.32 Å². The van der Waals surface area contributed by atoms with Crippen LogP contribution in [0.15, 0.2) is 42.5 Å². The summed E-state index contributed by atoms with van der Waals surface area (Å²) in [6.45, 7) is 0.367. The summed E-state index contributed by atoms with van der Waals surface area (Å²) in [5.41, 5.74) is 1.13. The molecule has 2 aromatic carbocycles. The van der Waals surface area contributed by atoms with E-state index in [0.717, 1.165) is 0 Å². The third-order valence-corrected chi connectivity index (χ3v) is 2.94. The van der Waals surface area contributed by atoms with Gasteiger partial charge in [-0.3, -0.25) is 10.1 Å². The van der Waals surface area contributed by atoms with Gasteiger partial charge in [0.05, 0.1) is 4.92 Å².